The lowest BCUT2D eigenvalue weighted by molar-refractivity contribution is -0.135. The number of fused-ring (bicyclic) bond motifs is 1. The third-order valence-corrected chi connectivity index (χ3v) is 5.13. The van der Waals surface area contributed by atoms with Gasteiger partial charge in [-0.1, -0.05) is 24.3 Å². The van der Waals surface area contributed by atoms with E-state index in [2.05, 4.69) is 10.3 Å². The van der Waals surface area contributed by atoms with E-state index < -0.39 is 0 Å². The van der Waals surface area contributed by atoms with Crippen LogP contribution in [0.15, 0.2) is 36.5 Å². The van der Waals surface area contributed by atoms with Crippen LogP contribution in [0.25, 0.3) is 10.8 Å². The summed E-state index contributed by atoms with van der Waals surface area (Å²) in [6, 6.07) is 9.86. The number of carbonyl (C=O) groups is 2. The van der Waals surface area contributed by atoms with E-state index in [1.807, 2.05) is 40.1 Å². The van der Waals surface area contributed by atoms with Crippen molar-refractivity contribution < 1.29 is 9.59 Å². The molecule has 6 nitrogen and oxygen atoms in total. The van der Waals surface area contributed by atoms with Crippen LogP contribution in [0, 0.1) is 0 Å². The molecule has 1 aromatic heterocycles. The molecule has 2 saturated heterocycles. The molecule has 1 unspecified atom stereocenters. The standard InChI is InChI=1S/C19H22N4O2/c24-17-12-20-9-11-23(17)15-5-3-10-22(13-15)19(25)18-16-6-2-1-4-14(16)7-8-21-18/h1-2,4,6-8,15,20H,3,5,9-13H2. The summed E-state index contributed by atoms with van der Waals surface area (Å²) < 4.78 is 0. The van der Waals surface area contributed by atoms with Crippen LogP contribution in [0.3, 0.4) is 0 Å². The Balaban J connectivity index is 1.56. The molecule has 3 heterocycles. The number of rotatable bonds is 2. The molecule has 0 saturated carbocycles. The monoisotopic (exact) mass is 338 g/mol. The lowest BCUT2D eigenvalue weighted by Crippen LogP contribution is -2.57. The molecule has 2 fully saturated rings. The fourth-order valence-corrected chi connectivity index (χ4v) is 3.84. The van der Waals surface area contributed by atoms with E-state index in [-0.39, 0.29) is 17.9 Å². The van der Waals surface area contributed by atoms with Gasteiger partial charge in [0.1, 0.15) is 5.69 Å². The van der Waals surface area contributed by atoms with Gasteiger partial charge in [0, 0.05) is 43.8 Å². The second-order valence-electron chi connectivity index (χ2n) is 6.69. The minimum Gasteiger partial charge on any atom is -0.336 e. The summed E-state index contributed by atoms with van der Waals surface area (Å²) in [7, 11) is 0. The van der Waals surface area contributed by atoms with Crippen LogP contribution in [0.5, 0.6) is 0 Å². The Morgan fingerprint density at radius 3 is 2.96 bits per heavy atom. The molecular weight excluding hydrogens is 316 g/mol. The Morgan fingerprint density at radius 2 is 2.08 bits per heavy atom. The minimum absolute atomic E-state index is 0.0379. The summed E-state index contributed by atoms with van der Waals surface area (Å²) in [5.74, 6) is 0.0953. The van der Waals surface area contributed by atoms with Crippen LogP contribution in [0.1, 0.15) is 23.3 Å². The van der Waals surface area contributed by atoms with Gasteiger partial charge in [-0.25, -0.2) is 0 Å². The molecule has 0 bridgehead atoms. The first-order valence-electron chi connectivity index (χ1n) is 8.87. The molecule has 2 aliphatic rings. The molecule has 25 heavy (non-hydrogen) atoms. The van der Waals surface area contributed by atoms with Gasteiger partial charge in [0.05, 0.1) is 6.54 Å². The zero-order valence-corrected chi connectivity index (χ0v) is 14.1. The zero-order valence-electron chi connectivity index (χ0n) is 14.1. The summed E-state index contributed by atoms with van der Waals surface area (Å²) in [4.78, 5) is 33.4. The molecule has 0 aliphatic carbocycles. The molecule has 1 atom stereocenters. The molecule has 4 rings (SSSR count). The first-order chi connectivity index (χ1) is 12.2. The summed E-state index contributed by atoms with van der Waals surface area (Å²) in [6.07, 6.45) is 3.56. The van der Waals surface area contributed by atoms with Crippen molar-refractivity contribution in [2.45, 2.75) is 18.9 Å². The highest BCUT2D eigenvalue weighted by Gasteiger charge is 2.32. The summed E-state index contributed by atoms with van der Waals surface area (Å²) in [6.45, 7) is 3.25. The van der Waals surface area contributed by atoms with Gasteiger partial charge in [0.25, 0.3) is 5.91 Å². The molecule has 0 spiro atoms. The number of piperidine rings is 1. The number of carbonyl (C=O) groups excluding carboxylic acids is 2. The predicted octanol–water partition coefficient (Wildman–Crippen LogP) is 1.27. The Kier molecular flexibility index (Phi) is 4.36. The molecule has 1 N–H and O–H groups in total. The zero-order chi connectivity index (χ0) is 17.2. The molecule has 0 radical (unpaired) electrons. The van der Waals surface area contributed by atoms with Gasteiger partial charge in [0.15, 0.2) is 0 Å². The van der Waals surface area contributed by atoms with E-state index in [9.17, 15) is 9.59 Å². The van der Waals surface area contributed by atoms with Crippen molar-refractivity contribution in [1.29, 1.82) is 0 Å². The van der Waals surface area contributed by atoms with Crippen molar-refractivity contribution in [3.63, 3.8) is 0 Å². The van der Waals surface area contributed by atoms with Crippen LogP contribution in [0.4, 0.5) is 0 Å². The van der Waals surface area contributed by atoms with Crippen molar-refractivity contribution >= 4 is 22.6 Å². The maximum absolute atomic E-state index is 13.1. The second kappa shape index (κ2) is 6.80. The number of amides is 2. The first kappa shape index (κ1) is 16.0. The van der Waals surface area contributed by atoms with Crippen LogP contribution < -0.4 is 5.32 Å². The highest BCUT2D eigenvalue weighted by atomic mass is 16.2. The Bertz CT molecular complexity index is 802. The quantitative estimate of drug-likeness (QED) is 0.896. The number of piperazine rings is 1. The number of nitrogens with one attached hydrogen (secondary N) is 1. The molecule has 2 aromatic rings. The van der Waals surface area contributed by atoms with Crippen molar-refractivity contribution in [1.82, 2.24) is 20.1 Å². The van der Waals surface area contributed by atoms with Gasteiger partial charge < -0.3 is 15.1 Å². The summed E-state index contributed by atoms with van der Waals surface area (Å²) in [5, 5.41) is 5.01. The van der Waals surface area contributed by atoms with Gasteiger partial charge in [0.2, 0.25) is 5.91 Å². The number of likely N-dealkylation sites (tertiary alicyclic amines) is 1. The lowest BCUT2D eigenvalue weighted by atomic mass is 10.0. The van der Waals surface area contributed by atoms with E-state index in [1.165, 1.54) is 0 Å². The average Bonchev–Trinajstić information content (AvgIpc) is 2.67. The topological polar surface area (TPSA) is 65.5 Å². The fourth-order valence-electron chi connectivity index (χ4n) is 3.84. The lowest BCUT2D eigenvalue weighted by Gasteiger charge is -2.41. The van der Waals surface area contributed by atoms with Gasteiger partial charge in [-0.15, -0.1) is 0 Å². The Morgan fingerprint density at radius 1 is 1.20 bits per heavy atom. The van der Waals surface area contributed by atoms with Gasteiger partial charge in [-0.2, -0.15) is 0 Å². The first-order valence-corrected chi connectivity index (χ1v) is 8.87. The summed E-state index contributed by atoms with van der Waals surface area (Å²) >= 11 is 0. The van der Waals surface area contributed by atoms with E-state index in [0.717, 1.165) is 43.2 Å². The number of benzene rings is 1. The average molecular weight is 338 g/mol. The number of hydrogen-bond acceptors (Lipinski definition) is 4. The predicted molar refractivity (Wildman–Crippen MR) is 95.3 cm³/mol. The third kappa shape index (κ3) is 3.09. The molecule has 130 valence electrons. The number of hydrogen-bond donors (Lipinski definition) is 1. The Hall–Kier alpha value is -2.47. The molecule has 1 aromatic carbocycles. The van der Waals surface area contributed by atoms with Crippen LogP contribution in [-0.2, 0) is 4.79 Å². The number of pyridine rings is 1. The van der Waals surface area contributed by atoms with E-state index in [1.54, 1.807) is 6.20 Å². The molecular formula is C19H22N4O2. The van der Waals surface area contributed by atoms with E-state index in [4.69, 9.17) is 0 Å². The summed E-state index contributed by atoms with van der Waals surface area (Å²) in [5.41, 5.74) is 0.505. The van der Waals surface area contributed by atoms with Crippen molar-refractivity contribution in [3.05, 3.63) is 42.2 Å². The minimum atomic E-state index is -0.0379. The van der Waals surface area contributed by atoms with Crippen molar-refractivity contribution in [3.8, 4) is 0 Å². The normalized spacial score (nSPS) is 21.6. The second-order valence-corrected chi connectivity index (χ2v) is 6.69. The van der Waals surface area contributed by atoms with Gasteiger partial charge >= 0.3 is 0 Å². The number of nitrogens with zero attached hydrogens (tertiary/aromatic N) is 3. The smallest absolute Gasteiger partial charge is 0.273 e. The maximum atomic E-state index is 13.1. The van der Waals surface area contributed by atoms with E-state index in [0.29, 0.717) is 18.8 Å². The molecule has 2 aliphatic heterocycles. The third-order valence-electron chi connectivity index (χ3n) is 5.13. The van der Waals surface area contributed by atoms with Crippen LogP contribution >= 0.6 is 0 Å². The fraction of sp³-hybridized carbons (Fsp3) is 0.421. The Labute approximate surface area is 146 Å². The molecule has 6 heteroatoms. The van der Waals surface area contributed by atoms with Crippen molar-refractivity contribution in [2.24, 2.45) is 0 Å². The maximum Gasteiger partial charge on any atom is 0.273 e. The highest BCUT2D eigenvalue weighted by Crippen LogP contribution is 2.22. The van der Waals surface area contributed by atoms with Crippen LogP contribution in [-0.4, -0.2) is 65.4 Å². The largest absolute Gasteiger partial charge is 0.336 e. The molecule has 2 amide bonds. The van der Waals surface area contributed by atoms with Gasteiger partial charge in [-0.3, -0.25) is 14.6 Å². The van der Waals surface area contributed by atoms with Gasteiger partial charge in [-0.05, 0) is 24.3 Å². The van der Waals surface area contributed by atoms with E-state index >= 15 is 0 Å². The number of aromatic nitrogens is 1. The van der Waals surface area contributed by atoms with Crippen molar-refractivity contribution in [2.75, 3.05) is 32.7 Å². The highest BCUT2D eigenvalue weighted by molar-refractivity contribution is 6.05. The SMILES string of the molecule is O=C(c1nccc2ccccc12)N1CCCC(N2CCNCC2=O)C1. The van der Waals surface area contributed by atoms with Crippen LogP contribution in [0.2, 0.25) is 0 Å².